The first-order valence-corrected chi connectivity index (χ1v) is 6.27. The van der Waals surface area contributed by atoms with Gasteiger partial charge < -0.3 is 10.4 Å². The standard InChI is InChI=1S/C12H12F3N3O3/c13-12(14,15)11(21)18-9-7(10(19)20)5-16-8(17-9)6-3-1-2-4-6/h5-6H,1-4H2,(H,19,20)(H,16,17,18,21). The van der Waals surface area contributed by atoms with Gasteiger partial charge in [0.2, 0.25) is 0 Å². The quantitative estimate of drug-likeness (QED) is 0.894. The zero-order valence-electron chi connectivity index (χ0n) is 10.8. The van der Waals surface area contributed by atoms with E-state index < -0.39 is 29.4 Å². The molecule has 1 aliphatic carbocycles. The minimum absolute atomic E-state index is 0.0191. The summed E-state index contributed by atoms with van der Waals surface area (Å²) in [6.07, 6.45) is -0.695. The Morgan fingerprint density at radius 2 is 1.90 bits per heavy atom. The van der Waals surface area contributed by atoms with Gasteiger partial charge in [-0.25, -0.2) is 14.8 Å². The van der Waals surface area contributed by atoms with Crippen molar-refractivity contribution in [2.75, 3.05) is 5.32 Å². The molecule has 0 radical (unpaired) electrons. The Morgan fingerprint density at radius 3 is 2.43 bits per heavy atom. The topological polar surface area (TPSA) is 92.2 Å². The molecule has 0 atom stereocenters. The summed E-state index contributed by atoms with van der Waals surface area (Å²) in [5.74, 6) is -4.15. The lowest BCUT2D eigenvalue weighted by Gasteiger charge is -2.13. The third-order valence-corrected chi connectivity index (χ3v) is 3.25. The fourth-order valence-corrected chi connectivity index (χ4v) is 2.21. The molecule has 1 aromatic rings. The van der Waals surface area contributed by atoms with Crippen molar-refractivity contribution in [2.24, 2.45) is 0 Å². The summed E-state index contributed by atoms with van der Waals surface area (Å²) in [4.78, 5) is 29.6. The fourth-order valence-electron chi connectivity index (χ4n) is 2.21. The first kappa shape index (κ1) is 15.2. The number of carbonyl (C=O) groups is 2. The SMILES string of the molecule is O=C(O)c1cnc(C2CCCC2)nc1NC(=O)C(F)(F)F. The van der Waals surface area contributed by atoms with Crippen LogP contribution in [0.1, 0.15) is 47.8 Å². The Bertz CT molecular complexity index is 569. The Labute approximate surface area is 117 Å². The number of aromatic nitrogens is 2. The predicted molar refractivity (Wildman–Crippen MR) is 64.9 cm³/mol. The highest BCUT2D eigenvalue weighted by Gasteiger charge is 2.39. The van der Waals surface area contributed by atoms with Crippen LogP contribution >= 0.6 is 0 Å². The molecule has 1 amide bonds. The summed E-state index contributed by atoms with van der Waals surface area (Å²) >= 11 is 0. The molecule has 1 saturated carbocycles. The molecule has 2 N–H and O–H groups in total. The Balaban J connectivity index is 2.33. The van der Waals surface area contributed by atoms with Crippen LogP contribution in [0, 0.1) is 0 Å². The van der Waals surface area contributed by atoms with Crippen molar-refractivity contribution in [3.8, 4) is 0 Å². The third-order valence-electron chi connectivity index (χ3n) is 3.25. The highest BCUT2D eigenvalue weighted by molar-refractivity contribution is 6.00. The van der Waals surface area contributed by atoms with Crippen LogP contribution in [0.25, 0.3) is 0 Å². The number of amides is 1. The minimum atomic E-state index is -5.12. The molecule has 1 fully saturated rings. The highest BCUT2D eigenvalue weighted by atomic mass is 19.4. The first-order chi connectivity index (χ1) is 9.79. The van der Waals surface area contributed by atoms with Crippen molar-refractivity contribution in [3.63, 3.8) is 0 Å². The Morgan fingerprint density at radius 1 is 1.29 bits per heavy atom. The summed E-state index contributed by atoms with van der Waals surface area (Å²) in [5, 5.41) is 10.4. The maximum atomic E-state index is 12.3. The van der Waals surface area contributed by atoms with Gasteiger partial charge in [-0.05, 0) is 12.8 Å². The van der Waals surface area contributed by atoms with Crippen LogP contribution < -0.4 is 5.32 Å². The lowest BCUT2D eigenvalue weighted by atomic mass is 10.1. The van der Waals surface area contributed by atoms with Crippen LogP contribution in [0.4, 0.5) is 19.0 Å². The van der Waals surface area contributed by atoms with Crippen LogP contribution in [0.2, 0.25) is 0 Å². The van der Waals surface area contributed by atoms with E-state index in [0.29, 0.717) is 0 Å². The number of hydrogen-bond donors (Lipinski definition) is 2. The van der Waals surface area contributed by atoms with Gasteiger partial charge in [0, 0.05) is 12.1 Å². The molecule has 6 nitrogen and oxygen atoms in total. The molecule has 1 aliphatic rings. The lowest BCUT2D eigenvalue weighted by Crippen LogP contribution is -2.31. The zero-order chi connectivity index (χ0) is 15.6. The van der Waals surface area contributed by atoms with E-state index in [1.54, 1.807) is 0 Å². The van der Waals surface area contributed by atoms with Crippen LogP contribution in [0.3, 0.4) is 0 Å². The number of anilines is 1. The number of nitrogens with zero attached hydrogens (tertiary/aromatic N) is 2. The summed E-state index contributed by atoms with van der Waals surface area (Å²) in [5.41, 5.74) is -0.575. The van der Waals surface area contributed by atoms with Crippen molar-refractivity contribution in [1.29, 1.82) is 0 Å². The summed E-state index contributed by atoms with van der Waals surface area (Å²) in [6, 6.07) is 0. The first-order valence-electron chi connectivity index (χ1n) is 6.27. The molecule has 0 unspecified atom stereocenters. The highest BCUT2D eigenvalue weighted by Crippen LogP contribution is 2.33. The maximum absolute atomic E-state index is 12.3. The van der Waals surface area contributed by atoms with Crippen LogP contribution in [0.15, 0.2) is 6.20 Å². The molecule has 1 heterocycles. The second kappa shape index (κ2) is 5.66. The number of carboxylic acid groups (broad SMARTS) is 1. The van der Waals surface area contributed by atoms with Crippen molar-refractivity contribution < 1.29 is 27.9 Å². The molecule has 114 valence electrons. The monoisotopic (exact) mass is 303 g/mol. The molecule has 2 rings (SSSR count). The van der Waals surface area contributed by atoms with E-state index in [9.17, 15) is 22.8 Å². The second-order valence-corrected chi connectivity index (χ2v) is 4.73. The number of carboxylic acids is 1. The smallest absolute Gasteiger partial charge is 0.471 e. The molecule has 21 heavy (non-hydrogen) atoms. The van der Waals surface area contributed by atoms with E-state index in [1.165, 1.54) is 5.32 Å². The van der Waals surface area contributed by atoms with Crippen LogP contribution in [0.5, 0.6) is 0 Å². The summed E-state index contributed by atoms with van der Waals surface area (Å²) < 4.78 is 36.8. The van der Waals surface area contributed by atoms with E-state index in [-0.39, 0.29) is 11.7 Å². The second-order valence-electron chi connectivity index (χ2n) is 4.73. The molecule has 0 bridgehead atoms. The van der Waals surface area contributed by atoms with Gasteiger partial charge in [0.05, 0.1) is 0 Å². The van der Waals surface area contributed by atoms with E-state index >= 15 is 0 Å². The number of aromatic carboxylic acids is 1. The average Bonchev–Trinajstić information content (AvgIpc) is 2.91. The predicted octanol–water partition coefficient (Wildman–Crippen LogP) is 2.33. The van der Waals surface area contributed by atoms with E-state index in [4.69, 9.17) is 5.11 Å². The molecule has 0 aromatic carbocycles. The number of halogens is 3. The van der Waals surface area contributed by atoms with Crippen molar-refractivity contribution in [3.05, 3.63) is 17.6 Å². The van der Waals surface area contributed by atoms with Crippen molar-refractivity contribution in [2.45, 2.75) is 37.8 Å². The van der Waals surface area contributed by atoms with Gasteiger partial charge in [0.1, 0.15) is 11.4 Å². The lowest BCUT2D eigenvalue weighted by molar-refractivity contribution is -0.167. The van der Waals surface area contributed by atoms with Gasteiger partial charge in [0.25, 0.3) is 0 Å². The normalized spacial score (nSPS) is 16.0. The van der Waals surface area contributed by atoms with Gasteiger partial charge in [-0.15, -0.1) is 0 Å². The van der Waals surface area contributed by atoms with Crippen molar-refractivity contribution in [1.82, 2.24) is 9.97 Å². The van der Waals surface area contributed by atoms with E-state index in [2.05, 4.69) is 9.97 Å². The summed E-state index contributed by atoms with van der Waals surface area (Å²) in [7, 11) is 0. The minimum Gasteiger partial charge on any atom is -0.477 e. The van der Waals surface area contributed by atoms with Gasteiger partial charge in [-0.1, -0.05) is 12.8 Å². The molecule has 0 aliphatic heterocycles. The largest absolute Gasteiger partial charge is 0.477 e. The van der Waals surface area contributed by atoms with Crippen LogP contribution in [-0.4, -0.2) is 33.1 Å². The van der Waals surface area contributed by atoms with Gasteiger partial charge in [0.15, 0.2) is 5.82 Å². The molecule has 0 saturated heterocycles. The molecular formula is C12H12F3N3O3. The maximum Gasteiger partial charge on any atom is 0.471 e. The fraction of sp³-hybridized carbons (Fsp3) is 0.500. The third kappa shape index (κ3) is 3.47. The summed E-state index contributed by atoms with van der Waals surface area (Å²) in [6.45, 7) is 0. The average molecular weight is 303 g/mol. The molecule has 9 heteroatoms. The van der Waals surface area contributed by atoms with Crippen LogP contribution in [-0.2, 0) is 4.79 Å². The Hall–Kier alpha value is -2.19. The van der Waals surface area contributed by atoms with Gasteiger partial charge >= 0.3 is 18.1 Å². The molecule has 0 spiro atoms. The Kier molecular flexibility index (Phi) is 4.10. The number of rotatable bonds is 3. The van der Waals surface area contributed by atoms with Gasteiger partial charge in [-0.3, -0.25) is 4.79 Å². The number of alkyl halides is 3. The molecular weight excluding hydrogens is 291 g/mol. The van der Waals surface area contributed by atoms with E-state index in [0.717, 1.165) is 31.9 Å². The zero-order valence-corrected chi connectivity index (χ0v) is 10.8. The van der Waals surface area contributed by atoms with E-state index in [1.807, 2.05) is 0 Å². The molecule has 1 aromatic heterocycles. The van der Waals surface area contributed by atoms with Gasteiger partial charge in [-0.2, -0.15) is 13.2 Å². The number of carbonyl (C=O) groups excluding carboxylic acids is 1. The van der Waals surface area contributed by atoms with Crippen molar-refractivity contribution >= 4 is 17.7 Å². The number of hydrogen-bond acceptors (Lipinski definition) is 4. The number of nitrogens with one attached hydrogen (secondary N) is 1.